The molecule has 4 heterocycles. The molecule has 29 N–H and O–H groups in total. The summed E-state index contributed by atoms with van der Waals surface area (Å²) in [6.45, 7) is 10.7. The number of carbonyl (C=O) groups excluding carboxylic acids is 17. The molecule has 0 aromatic heterocycles. The van der Waals surface area contributed by atoms with E-state index in [1.54, 1.807) is 41.5 Å². The van der Waals surface area contributed by atoms with Crippen LogP contribution in [-0.4, -0.2) is 313 Å². The highest BCUT2D eigenvalue weighted by molar-refractivity contribution is 6.02. The molecule has 47 nitrogen and oxygen atoms in total. The number of aliphatic imine (C=N–C) groups is 2. The van der Waals surface area contributed by atoms with Gasteiger partial charge in [-0.05, 0) is 134 Å². The van der Waals surface area contributed by atoms with E-state index in [0.29, 0.717) is 12.8 Å². The molecule has 122 heavy (non-hydrogen) atoms. The maximum Gasteiger partial charge on any atom is 0.326 e. The zero-order valence-corrected chi connectivity index (χ0v) is 70.3. The van der Waals surface area contributed by atoms with Gasteiger partial charge in [0.15, 0.2) is 11.9 Å². The SMILES string of the molecule is CC(C)C[C@H](NC(=O)[C@H](CCCN=C(N)N)NC(=O)[C@H](CCCN=C(N)N)NC(=O)[C@H](C)NC(=O)[C@@H]1CCCN1C(=O)[C@H](C)NC(=O)[C@H](CCC(N)=O)NC(=O)[C@@H]1CCCN1C(=O)[C@H](CO)NC(=O)[C@H](CO)NC(=O)[C@H](CC(N)=O)NC(=O)[C@H](CCC(=O)O)NC(=O)[C@@H](N)CC(C)C)C(=O)N[C@H](C(=O)N1CCC[C@H]1C(=O)N1CCC[C@H]1C(=O)O)C(C)C. The van der Waals surface area contributed by atoms with Crippen molar-refractivity contribution in [2.45, 2.75) is 274 Å². The molecule has 0 aromatic rings. The molecule has 0 aromatic carbocycles. The van der Waals surface area contributed by atoms with E-state index in [2.05, 4.69) is 68.5 Å². The number of likely N-dealkylation sites (tertiary alicyclic amines) is 4. The van der Waals surface area contributed by atoms with E-state index in [0.717, 1.165) is 9.80 Å². The molecule has 4 saturated heterocycles. The molecule has 4 rings (SSSR count). The number of carboxylic acids is 2. The summed E-state index contributed by atoms with van der Waals surface area (Å²) < 4.78 is 0. The monoisotopic (exact) mass is 1730 g/mol. The van der Waals surface area contributed by atoms with E-state index in [-0.39, 0.29) is 140 Å². The number of carbonyl (C=O) groups is 19. The summed E-state index contributed by atoms with van der Waals surface area (Å²) in [5, 5.41) is 66.9. The molecule has 0 aliphatic carbocycles. The predicted molar refractivity (Wildman–Crippen MR) is 434 cm³/mol. The second-order valence-electron chi connectivity index (χ2n) is 32.0. The Kier molecular flexibility index (Phi) is 42.0. The Labute approximate surface area is 705 Å². The highest BCUT2D eigenvalue weighted by atomic mass is 16.4. The van der Waals surface area contributed by atoms with E-state index >= 15 is 0 Å². The summed E-state index contributed by atoms with van der Waals surface area (Å²) in [5.74, 6) is -20.0. The molecule has 17 amide bonds. The number of aliphatic carboxylic acids is 2. The van der Waals surface area contributed by atoms with Crippen LogP contribution in [0.5, 0.6) is 0 Å². The molecule has 4 aliphatic heterocycles. The molecule has 0 spiro atoms. The van der Waals surface area contributed by atoms with Gasteiger partial charge in [0.05, 0.1) is 25.7 Å². The summed E-state index contributed by atoms with van der Waals surface area (Å²) in [6, 6.07) is -23.2. The lowest BCUT2D eigenvalue weighted by atomic mass is 9.98. The Morgan fingerprint density at radius 3 is 1.25 bits per heavy atom. The van der Waals surface area contributed by atoms with E-state index < -0.39 is 260 Å². The Balaban J connectivity index is 1.47. The second-order valence-corrected chi connectivity index (χ2v) is 32.0. The number of amides is 17. The maximum atomic E-state index is 14.6. The standard InChI is InChI=1S/C75H126N24O23/c1-36(2)31-41(76)59(107)88-45(22-24-56(104)105)63(111)92-47(33-55(78)103)64(112)93-48(34-100)66(114)94-49(35-101)70(118)97-28-12-18-51(97)68(116)90-44(21-23-54(77)102)60(108)86-40(8)69(117)96-27-11-17-50(96)67(115)85-39(7)58(106)87-42(15-9-25-83-74(79)80)61(109)89-43(16-10-26-84-75(81)82)62(110)91-46(32-37(3)4)65(113)95-57(38(5)6)72(120)98-29-13-19-52(98)71(119)99-30-14-20-53(99)73(121)122/h36-53,57,100-101H,9-35,76H2,1-8H3,(H2,77,102)(H2,78,103)(H,85,115)(H,86,108)(H,87,106)(H,88,107)(H,89,109)(H,90,116)(H,91,110)(H,92,111)(H,93,112)(H,94,114)(H,95,113)(H,104,105)(H,121,122)(H4,79,80,83)(H4,81,82,84)/t39-,40-,41-,42-,43-,44-,45-,46-,47-,48-,49-,50-,51-,52-,53-,57-/m0/s1. The number of guanidine groups is 2. The van der Waals surface area contributed by atoms with Gasteiger partial charge in [0.2, 0.25) is 100 Å². The third kappa shape index (κ3) is 32.4. The van der Waals surface area contributed by atoms with Crippen molar-refractivity contribution in [3.63, 3.8) is 0 Å². The maximum absolute atomic E-state index is 14.6. The number of hydrogen-bond donors (Lipinski definition) is 22. The molecule has 47 heteroatoms. The van der Waals surface area contributed by atoms with Gasteiger partial charge < -0.3 is 139 Å². The first-order valence-corrected chi connectivity index (χ1v) is 41.0. The molecule has 0 saturated carbocycles. The lowest BCUT2D eigenvalue weighted by Crippen LogP contribution is -2.61. The van der Waals surface area contributed by atoms with Crippen molar-refractivity contribution >= 4 is 124 Å². The normalized spacial score (nSPS) is 19.2. The van der Waals surface area contributed by atoms with E-state index in [4.69, 9.17) is 40.1 Å². The van der Waals surface area contributed by atoms with E-state index in [9.17, 15) is 112 Å². The van der Waals surface area contributed by atoms with Gasteiger partial charge in [-0.25, -0.2) is 4.79 Å². The molecule has 0 unspecified atom stereocenters. The van der Waals surface area contributed by atoms with Crippen LogP contribution < -0.4 is 98.6 Å². The number of carboxylic acid groups (broad SMARTS) is 2. The smallest absolute Gasteiger partial charge is 0.326 e. The largest absolute Gasteiger partial charge is 0.481 e. The lowest BCUT2D eigenvalue weighted by molar-refractivity contribution is -0.152. The Hall–Kier alpha value is -11.6. The molecule has 4 aliphatic rings. The zero-order valence-electron chi connectivity index (χ0n) is 70.3. The third-order valence-corrected chi connectivity index (χ3v) is 20.8. The van der Waals surface area contributed by atoms with Crippen molar-refractivity contribution in [2.75, 3.05) is 52.5 Å². The fourth-order valence-electron chi connectivity index (χ4n) is 14.5. The number of nitrogens with one attached hydrogen (secondary N) is 11. The number of nitrogens with zero attached hydrogens (tertiary/aromatic N) is 6. The summed E-state index contributed by atoms with van der Waals surface area (Å²) in [5.41, 5.74) is 39.1. The van der Waals surface area contributed by atoms with Gasteiger partial charge in [-0.2, -0.15) is 0 Å². The van der Waals surface area contributed by atoms with E-state index in [1.807, 2.05) is 0 Å². The lowest BCUT2D eigenvalue weighted by Gasteiger charge is -2.34. The van der Waals surface area contributed by atoms with Crippen molar-refractivity contribution in [3.8, 4) is 0 Å². The molecule has 0 bridgehead atoms. The summed E-state index contributed by atoms with van der Waals surface area (Å²) in [7, 11) is 0. The van der Waals surface area contributed by atoms with Crippen LogP contribution in [0.2, 0.25) is 0 Å². The van der Waals surface area contributed by atoms with Gasteiger partial charge in [-0.15, -0.1) is 0 Å². The Bertz CT molecular complexity index is 3800. The van der Waals surface area contributed by atoms with Gasteiger partial charge in [0, 0.05) is 52.1 Å². The average Bonchev–Trinajstić information content (AvgIpc) is 1.62. The number of primary amides is 2. The van der Waals surface area contributed by atoms with Crippen LogP contribution in [0.1, 0.15) is 177 Å². The first-order chi connectivity index (χ1) is 57.3. The van der Waals surface area contributed by atoms with Gasteiger partial charge in [0.25, 0.3) is 0 Å². The second kappa shape index (κ2) is 49.9. The number of nitrogens with two attached hydrogens (primary N) is 7. The van der Waals surface area contributed by atoms with Gasteiger partial charge >= 0.3 is 11.9 Å². The van der Waals surface area contributed by atoms with Crippen molar-refractivity contribution in [1.29, 1.82) is 0 Å². The minimum absolute atomic E-state index is 0.0223. The van der Waals surface area contributed by atoms with Crippen LogP contribution in [0, 0.1) is 17.8 Å². The number of hydrogen-bond acceptors (Lipinski definition) is 24. The van der Waals surface area contributed by atoms with Gasteiger partial charge in [0.1, 0.15) is 90.6 Å². The molecular formula is C75H126N24O23. The summed E-state index contributed by atoms with van der Waals surface area (Å²) >= 11 is 0. The quantitative estimate of drug-likeness (QED) is 0.0153. The number of rotatable bonds is 50. The topological polar surface area (TPSA) is 757 Å². The number of aliphatic hydroxyl groups excluding tert-OH is 2. The summed E-state index contributed by atoms with van der Waals surface area (Å²) in [4.78, 5) is 271. The molecule has 4 fully saturated rings. The van der Waals surface area contributed by atoms with Crippen LogP contribution >= 0.6 is 0 Å². The third-order valence-electron chi connectivity index (χ3n) is 20.8. The Morgan fingerprint density at radius 1 is 0.377 bits per heavy atom. The molecular weight excluding hydrogens is 1600 g/mol. The first kappa shape index (κ1) is 103. The van der Waals surface area contributed by atoms with Crippen LogP contribution in [-0.2, 0) is 91.1 Å². The van der Waals surface area contributed by atoms with E-state index in [1.165, 1.54) is 23.6 Å². The van der Waals surface area contributed by atoms with Gasteiger partial charge in [-0.3, -0.25) is 96.3 Å². The molecule has 684 valence electrons. The van der Waals surface area contributed by atoms with Crippen LogP contribution in [0.3, 0.4) is 0 Å². The Morgan fingerprint density at radius 2 is 0.770 bits per heavy atom. The average molecular weight is 1730 g/mol. The highest BCUT2D eigenvalue weighted by Crippen LogP contribution is 2.28. The fraction of sp³-hybridized carbons (Fsp3) is 0.720. The zero-order chi connectivity index (χ0) is 91.7. The van der Waals surface area contributed by atoms with Gasteiger partial charge in [-0.1, -0.05) is 41.5 Å². The minimum Gasteiger partial charge on any atom is -0.481 e. The summed E-state index contributed by atoms with van der Waals surface area (Å²) in [6.07, 6.45) is -1.23. The highest BCUT2D eigenvalue weighted by Gasteiger charge is 2.47. The van der Waals surface area contributed by atoms with Crippen molar-refractivity contribution in [3.05, 3.63) is 0 Å². The van der Waals surface area contributed by atoms with Crippen molar-refractivity contribution in [1.82, 2.24) is 78.1 Å². The van der Waals surface area contributed by atoms with Crippen LogP contribution in [0.4, 0.5) is 0 Å². The molecule has 0 radical (unpaired) electrons. The molecule has 16 atom stereocenters. The fourth-order valence-corrected chi connectivity index (χ4v) is 14.5. The van der Waals surface area contributed by atoms with Crippen LogP contribution in [0.25, 0.3) is 0 Å². The minimum atomic E-state index is -1.98. The predicted octanol–water partition coefficient (Wildman–Crippen LogP) is -9.42. The first-order valence-electron chi connectivity index (χ1n) is 41.0. The van der Waals surface area contributed by atoms with Crippen molar-refractivity contribution in [2.24, 2.45) is 67.9 Å². The van der Waals surface area contributed by atoms with Crippen LogP contribution in [0.15, 0.2) is 9.98 Å². The van der Waals surface area contributed by atoms with Crippen molar-refractivity contribution < 1.29 is 112 Å². The number of aliphatic hydroxyl groups is 2.